The van der Waals surface area contributed by atoms with Crippen molar-refractivity contribution >= 4 is 111 Å². The van der Waals surface area contributed by atoms with Gasteiger partial charge in [0.05, 0.1) is 58.4 Å². The van der Waals surface area contributed by atoms with Gasteiger partial charge < -0.3 is 15.0 Å². The molecule has 474 valence electrons. The van der Waals surface area contributed by atoms with Crippen LogP contribution in [0.2, 0.25) is 5.02 Å². The van der Waals surface area contributed by atoms with E-state index in [0.29, 0.717) is 56.8 Å². The SMILES string of the molecule is CNS(=O)(=O)c1ccccc1-c1ccc2nc(/C=C/c3cc(C)cc(F)c3)[nH]c2c1.CNS(=O)(=O)c1ccccc1-c1ccc2nc(/C=C/c3ccc(C(F)(F)F)cc3F)[nH]c2c1.CNS(=O)(=O)c1ccccc1-c1ccc2nc(/C=C/c3ccc(F)c(Cl)c3)[nH]c2c1. The number of sulfonamides is 3. The normalized spacial score (nSPS) is 12.3. The molecule has 0 aliphatic heterocycles. The zero-order valence-corrected chi connectivity index (χ0v) is 52.7. The number of aromatic amines is 3. The smallest absolute Gasteiger partial charge is 0.338 e. The summed E-state index contributed by atoms with van der Waals surface area (Å²) in [6.07, 6.45) is 5.27. The molecular formula is C68H54ClF6N9O6S3. The topological polar surface area (TPSA) is 225 Å². The number of alkyl halides is 3. The Kier molecular flexibility index (Phi) is 19.6. The Morgan fingerprint density at radius 2 is 0.839 bits per heavy atom. The third-order valence-corrected chi connectivity index (χ3v) is 19.1. The Morgan fingerprint density at radius 1 is 0.430 bits per heavy atom. The number of aryl methyl sites for hydroxylation is 1. The van der Waals surface area contributed by atoms with Crippen LogP contribution < -0.4 is 14.2 Å². The summed E-state index contributed by atoms with van der Waals surface area (Å²) in [6.45, 7) is 1.84. The monoisotopic (exact) mass is 1340 g/mol. The van der Waals surface area contributed by atoms with Crippen LogP contribution in [0.3, 0.4) is 0 Å². The second-order valence-corrected chi connectivity index (χ2v) is 26.6. The van der Waals surface area contributed by atoms with Gasteiger partial charge in [-0.05, 0) is 177 Å². The highest BCUT2D eigenvalue weighted by molar-refractivity contribution is 7.90. The minimum absolute atomic E-state index is 0.0182. The number of hydrogen-bond acceptors (Lipinski definition) is 9. The van der Waals surface area contributed by atoms with E-state index in [9.17, 15) is 51.6 Å². The van der Waals surface area contributed by atoms with Crippen molar-refractivity contribution in [3.05, 3.63) is 250 Å². The van der Waals surface area contributed by atoms with E-state index < -0.39 is 53.4 Å². The maximum absolute atomic E-state index is 14.1. The van der Waals surface area contributed by atoms with Crippen LogP contribution in [0.15, 0.2) is 197 Å². The van der Waals surface area contributed by atoms with Gasteiger partial charge in [-0.2, -0.15) is 13.2 Å². The van der Waals surface area contributed by atoms with Crippen molar-refractivity contribution in [2.24, 2.45) is 0 Å². The van der Waals surface area contributed by atoms with Gasteiger partial charge in [-0.25, -0.2) is 67.5 Å². The van der Waals surface area contributed by atoms with Crippen molar-refractivity contribution in [3.8, 4) is 33.4 Å². The van der Waals surface area contributed by atoms with E-state index in [1.54, 1.807) is 115 Å². The lowest BCUT2D eigenvalue weighted by Gasteiger charge is -2.09. The van der Waals surface area contributed by atoms with E-state index in [0.717, 1.165) is 62.0 Å². The van der Waals surface area contributed by atoms with E-state index in [4.69, 9.17) is 11.6 Å². The lowest BCUT2D eigenvalue weighted by atomic mass is 10.1. The molecule has 0 amide bonds. The summed E-state index contributed by atoms with van der Waals surface area (Å²) in [7, 11) is -6.74. The summed E-state index contributed by atoms with van der Waals surface area (Å²) < 4.78 is 160. The van der Waals surface area contributed by atoms with Crippen molar-refractivity contribution < 1.29 is 51.6 Å². The Balaban J connectivity index is 0.000000153. The van der Waals surface area contributed by atoms with Crippen LogP contribution in [0.1, 0.15) is 45.3 Å². The Bertz CT molecular complexity index is 5240. The second-order valence-electron chi connectivity index (χ2n) is 20.6. The number of aromatic nitrogens is 6. The van der Waals surface area contributed by atoms with E-state index in [-0.39, 0.29) is 31.1 Å². The number of nitrogens with one attached hydrogen (secondary N) is 6. The predicted octanol–water partition coefficient (Wildman–Crippen LogP) is 15.3. The van der Waals surface area contributed by atoms with Gasteiger partial charge in [-0.1, -0.05) is 115 Å². The minimum Gasteiger partial charge on any atom is -0.338 e. The fourth-order valence-corrected chi connectivity index (χ4v) is 12.9. The van der Waals surface area contributed by atoms with Crippen LogP contribution in [0, 0.1) is 24.4 Å². The molecule has 12 aromatic rings. The van der Waals surface area contributed by atoms with Crippen LogP contribution in [0.4, 0.5) is 26.3 Å². The number of benzene rings is 9. The van der Waals surface area contributed by atoms with E-state index in [1.165, 1.54) is 63.6 Å². The minimum atomic E-state index is -4.62. The zero-order valence-electron chi connectivity index (χ0n) is 49.4. The summed E-state index contributed by atoms with van der Waals surface area (Å²) >= 11 is 5.81. The van der Waals surface area contributed by atoms with Crippen LogP contribution >= 0.6 is 11.6 Å². The average Bonchev–Trinajstić information content (AvgIpc) is 1.82. The summed E-state index contributed by atoms with van der Waals surface area (Å²) in [5.41, 5.74) is 9.36. The Labute approximate surface area is 535 Å². The highest BCUT2D eigenvalue weighted by Crippen LogP contribution is 2.34. The van der Waals surface area contributed by atoms with E-state index in [2.05, 4.69) is 44.1 Å². The Hall–Kier alpha value is -9.79. The van der Waals surface area contributed by atoms with Gasteiger partial charge >= 0.3 is 6.18 Å². The maximum Gasteiger partial charge on any atom is 0.416 e. The van der Waals surface area contributed by atoms with Crippen LogP contribution in [0.25, 0.3) is 103 Å². The van der Waals surface area contributed by atoms with Gasteiger partial charge in [-0.3, -0.25) is 0 Å². The molecule has 0 radical (unpaired) electrons. The molecule has 93 heavy (non-hydrogen) atoms. The number of halogens is 7. The molecule has 0 saturated carbocycles. The molecule has 9 aromatic carbocycles. The highest BCUT2D eigenvalue weighted by Gasteiger charge is 2.31. The molecule has 3 heterocycles. The fraction of sp³-hybridized carbons (Fsp3) is 0.0735. The summed E-state index contributed by atoms with van der Waals surface area (Å²) in [4.78, 5) is 23.4. The summed E-state index contributed by atoms with van der Waals surface area (Å²) in [5.74, 6) is -0.150. The maximum atomic E-state index is 14.1. The molecule has 0 atom stereocenters. The molecule has 25 heteroatoms. The van der Waals surface area contributed by atoms with E-state index in [1.807, 2.05) is 49.4 Å². The average molecular weight is 1340 g/mol. The largest absolute Gasteiger partial charge is 0.416 e. The van der Waals surface area contributed by atoms with Crippen molar-refractivity contribution in [2.45, 2.75) is 27.8 Å². The number of fused-ring (bicyclic) bond motifs is 3. The van der Waals surface area contributed by atoms with E-state index >= 15 is 0 Å². The van der Waals surface area contributed by atoms with Crippen LogP contribution in [0.5, 0.6) is 0 Å². The zero-order chi connectivity index (χ0) is 66.4. The van der Waals surface area contributed by atoms with Gasteiger partial charge in [0.1, 0.15) is 34.9 Å². The summed E-state index contributed by atoms with van der Waals surface area (Å²) in [6, 6.07) is 48.1. The van der Waals surface area contributed by atoms with Crippen LogP contribution in [-0.4, -0.2) is 76.3 Å². The van der Waals surface area contributed by atoms with Gasteiger partial charge in [0.25, 0.3) is 0 Å². The number of nitrogens with zero attached hydrogens (tertiary/aromatic N) is 3. The molecule has 0 bridgehead atoms. The number of imidazole rings is 3. The fourth-order valence-electron chi connectivity index (χ4n) is 9.81. The first kappa shape index (κ1) is 66.1. The second kappa shape index (κ2) is 27.6. The van der Waals surface area contributed by atoms with Gasteiger partial charge in [0.2, 0.25) is 30.1 Å². The molecule has 0 saturated heterocycles. The molecule has 15 nitrogen and oxygen atoms in total. The number of rotatable bonds is 15. The molecule has 0 aliphatic carbocycles. The first-order valence-corrected chi connectivity index (χ1v) is 32.9. The molecule has 0 fully saturated rings. The highest BCUT2D eigenvalue weighted by atomic mass is 35.5. The summed E-state index contributed by atoms with van der Waals surface area (Å²) in [5, 5.41) is 0.0570. The van der Waals surface area contributed by atoms with Gasteiger partial charge in [-0.15, -0.1) is 0 Å². The molecule has 0 aliphatic rings. The molecule has 6 N–H and O–H groups in total. The lowest BCUT2D eigenvalue weighted by molar-refractivity contribution is -0.137. The standard InChI is InChI=1S/C23H17F4N3O2S.C23H20FN3O2S.C22H17ClFN3O2S/c1-28-33(31,32)21-5-3-2-4-17(21)15-7-10-19-20(12-15)30-22(29-19)11-8-14-6-9-16(13-18(14)24)23(25,26)27;1-15-11-16(13-18(24)12-15)7-10-23-26-20-9-8-17(14-21(20)27-23)19-5-3-4-6-22(19)30(28,29)25-2;1-25-30(28,29)21-5-3-2-4-16(21)15-8-10-19-20(13-15)27-22(26-19)11-7-14-6-9-18(24)17(23)12-14/h2-13,28H,1H3,(H,29,30);3-14,25H,1-2H3,(H,26,27);2-13,25H,1H3,(H,26,27)/b11-8+;10-7+;11-7+. The first-order chi connectivity index (χ1) is 44.3. The third-order valence-electron chi connectivity index (χ3n) is 14.4. The lowest BCUT2D eigenvalue weighted by Crippen LogP contribution is -2.19. The van der Waals surface area contributed by atoms with Crippen molar-refractivity contribution in [3.63, 3.8) is 0 Å². The molecule has 0 spiro atoms. The Morgan fingerprint density at radius 3 is 1.23 bits per heavy atom. The molecule has 3 aromatic heterocycles. The number of H-pyrrole nitrogens is 3. The number of hydrogen-bond donors (Lipinski definition) is 6. The first-order valence-electron chi connectivity index (χ1n) is 28.0. The predicted molar refractivity (Wildman–Crippen MR) is 354 cm³/mol. The van der Waals surface area contributed by atoms with Gasteiger partial charge in [0, 0.05) is 22.3 Å². The molecule has 0 unspecified atom stereocenters. The van der Waals surface area contributed by atoms with Crippen molar-refractivity contribution in [1.82, 2.24) is 44.1 Å². The third kappa shape index (κ3) is 15.6. The van der Waals surface area contributed by atoms with Gasteiger partial charge in [0.15, 0.2) is 0 Å². The molecular weight excluding hydrogens is 1280 g/mol. The van der Waals surface area contributed by atoms with Crippen molar-refractivity contribution in [2.75, 3.05) is 21.1 Å². The van der Waals surface area contributed by atoms with Crippen molar-refractivity contribution in [1.29, 1.82) is 0 Å². The quantitative estimate of drug-likeness (QED) is 0.0536. The molecule has 12 rings (SSSR count). The van der Waals surface area contributed by atoms with Crippen LogP contribution in [-0.2, 0) is 36.2 Å².